The van der Waals surface area contributed by atoms with Crippen molar-refractivity contribution in [1.82, 2.24) is 10.3 Å². The van der Waals surface area contributed by atoms with Gasteiger partial charge in [-0.3, -0.25) is 4.98 Å². The summed E-state index contributed by atoms with van der Waals surface area (Å²) in [5.41, 5.74) is 2.14. The molecule has 1 N–H and O–H groups in total. The molecule has 2 heteroatoms. The van der Waals surface area contributed by atoms with Gasteiger partial charge in [-0.15, -0.1) is 0 Å². The van der Waals surface area contributed by atoms with Crippen LogP contribution in [0.4, 0.5) is 0 Å². The number of hydrogen-bond acceptors (Lipinski definition) is 2. The van der Waals surface area contributed by atoms with Crippen LogP contribution in [-0.2, 0) is 6.54 Å². The van der Waals surface area contributed by atoms with Crippen molar-refractivity contribution in [2.24, 2.45) is 10.8 Å². The first-order valence-corrected chi connectivity index (χ1v) is 6.99. The molecule has 0 atom stereocenters. The summed E-state index contributed by atoms with van der Waals surface area (Å²) < 4.78 is 0. The van der Waals surface area contributed by atoms with Crippen LogP contribution in [0.2, 0.25) is 0 Å². The van der Waals surface area contributed by atoms with E-state index in [4.69, 9.17) is 0 Å². The molecule has 1 aromatic heterocycles. The van der Waals surface area contributed by atoms with Crippen molar-refractivity contribution in [1.29, 1.82) is 0 Å². The molecule has 0 spiro atoms. The van der Waals surface area contributed by atoms with Gasteiger partial charge in [0, 0.05) is 30.4 Å². The summed E-state index contributed by atoms with van der Waals surface area (Å²) in [6, 6.07) is 9.14. The van der Waals surface area contributed by atoms with Crippen molar-refractivity contribution in [3.63, 3.8) is 0 Å². The molecule has 0 unspecified atom stereocenters. The standard InChI is InChI=1S/C17H22N2/c1-16(2)15(17(16,3)4)19-11-13-7-5-6-12-10-18-9-8-14(12)13/h5-10,15,19H,11H2,1-4H3. The van der Waals surface area contributed by atoms with Crippen LogP contribution in [0.5, 0.6) is 0 Å². The second-order valence-electron chi connectivity index (χ2n) is 6.77. The van der Waals surface area contributed by atoms with E-state index in [1.165, 1.54) is 16.3 Å². The van der Waals surface area contributed by atoms with Crippen LogP contribution in [0.25, 0.3) is 10.8 Å². The zero-order chi connectivity index (χ0) is 13.7. The van der Waals surface area contributed by atoms with Gasteiger partial charge in [-0.2, -0.15) is 0 Å². The topological polar surface area (TPSA) is 24.9 Å². The third kappa shape index (κ3) is 1.86. The average Bonchev–Trinajstić information content (AvgIpc) is 2.77. The Morgan fingerprint density at radius 1 is 1.11 bits per heavy atom. The van der Waals surface area contributed by atoms with E-state index >= 15 is 0 Å². The minimum atomic E-state index is 0.388. The highest BCUT2D eigenvalue weighted by atomic mass is 15.0. The minimum Gasteiger partial charge on any atom is -0.309 e. The molecule has 1 aromatic carbocycles. The Morgan fingerprint density at radius 3 is 2.53 bits per heavy atom. The average molecular weight is 254 g/mol. The normalized spacial score (nSPS) is 20.6. The number of benzene rings is 1. The first kappa shape index (κ1) is 12.6. The van der Waals surface area contributed by atoms with E-state index in [0.29, 0.717) is 16.9 Å². The summed E-state index contributed by atoms with van der Waals surface area (Å²) in [6.45, 7) is 10.3. The Labute approximate surface area is 115 Å². The second-order valence-corrected chi connectivity index (χ2v) is 6.77. The molecule has 3 rings (SSSR count). The van der Waals surface area contributed by atoms with Gasteiger partial charge in [-0.1, -0.05) is 45.9 Å². The molecule has 0 bridgehead atoms. The monoisotopic (exact) mass is 254 g/mol. The lowest BCUT2D eigenvalue weighted by atomic mass is 10.0. The van der Waals surface area contributed by atoms with Gasteiger partial charge in [0.1, 0.15) is 0 Å². The van der Waals surface area contributed by atoms with Gasteiger partial charge in [0.2, 0.25) is 0 Å². The van der Waals surface area contributed by atoms with Gasteiger partial charge < -0.3 is 5.32 Å². The molecule has 1 saturated carbocycles. The zero-order valence-electron chi connectivity index (χ0n) is 12.2. The summed E-state index contributed by atoms with van der Waals surface area (Å²) in [4.78, 5) is 4.19. The quantitative estimate of drug-likeness (QED) is 0.902. The molecular formula is C17H22N2. The highest BCUT2D eigenvalue weighted by molar-refractivity contribution is 5.84. The summed E-state index contributed by atoms with van der Waals surface area (Å²) in [6.07, 6.45) is 3.81. The Hall–Kier alpha value is -1.41. The van der Waals surface area contributed by atoms with Crippen LogP contribution in [0, 0.1) is 10.8 Å². The molecule has 2 aromatic rings. The predicted octanol–water partition coefficient (Wildman–Crippen LogP) is 3.76. The summed E-state index contributed by atoms with van der Waals surface area (Å²) >= 11 is 0. The van der Waals surface area contributed by atoms with Gasteiger partial charge in [-0.25, -0.2) is 0 Å². The molecule has 0 amide bonds. The van der Waals surface area contributed by atoms with E-state index in [1.54, 1.807) is 0 Å². The molecule has 0 saturated heterocycles. The molecule has 100 valence electrons. The maximum atomic E-state index is 4.19. The van der Waals surface area contributed by atoms with Crippen LogP contribution in [0.1, 0.15) is 33.3 Å². The largest absolute Gasteiger partial charge is 0.309 e. The van der Waals surface area contributed by atoms with Gasteiger partial charge in [0.25, 0.3) is 0 Å². The Balaban J connectivity index is 1.81. The van der Waals surface area contributed by atoms with Crippen molar-refractivity contribution in [2.75, 3.05) is 0 Å². The van der Waals surface area contributed by atoms with Crippen molar-refractivity contribution in [3.8, 4) is 0 Å². The van der Waals surface area contributed by atoms with Crippen molar-refractivity contribution in [2.45, 2.75) is 40.3 Å². The molecule has 0 aliphatic heterocycles. The van der Waals surface area contributed by atoms with Crippen molar-refractivity contribution < 1.29 is 0 Å². The number of pyridine rings is 1. The Kier molecular flexibility index (Phi) is 2.68. The first-order chi connectivity index (χ1) is 8.94. The maximum absolute atomic E-state index is 4.19. The van der Waals surface area contributed by atoms with Gasteiger partial charge >= 0.3 is 0 Å². The second kappa shape index (κ2) is 4.04. The number of rotatable bonds is 3. The fourth-order valence-corrected chi connectivity index (χ4v) is 3.26. The number of nitrogens with zero attached hydrogens (tertiary/aromatic N) is 1. The first-order valence-electron chi connectivity index (χ1n) is 6.99. The van der Waals surface area contributed by atoms with Gasteiger partial charge in [0.05, 0.1) is 0 Å². The van der Waals surface area contributed by atoms with E-state index in [0.717, 1.165) is 6.54 Å². The third-order valence-electron chi connectivity index (χ3n) is 5.29. The number of nitrogens with one attached hydrogen (secondary N) is 1. The minimum absolute atomic E-state index is 0.388. The molecule has 1 aliphatic carbocycles. The number of aromatic nitrogens is 1. The van der Waals surface area contributed by atoms with E-state index in [9.17, 15) is 0 Å². The Bertz CT molecular complexity index is 594. The molecule has 19 heavy (non-hydrogen) atoms. The van der Waals surface area contributed by atoms with Crippen LogP contribution in [0.15, 0.2) is 36.7 Å². The lowest BCUT2D eigenvalue weighted by Crippen LogP contribution is -2.21. The van der Waals surface area contributed by atoms with E-state index in [-0.39, 0.29) is 0 Å². The molecular weight excluding hydrogens is 232 g/mol. The lowest BCUT2D eigenvalue weighted by Gasteiger charge is -2.09. The lowest BCUT2D eigenvalue weighted by molar-refractivity contribution is 0.457. The summed E-state index contributed by atoms with van der Waals surface area (Å²) in [5.74, 6) is 0. The molecule has 2 nitrogen and oxygen atoms in total. The Morgan fingerprint density at radius 2 is 1.84 bits per heavy atom. The highest BCUT2D eigenvalue weighted by Crippen LogP contribution is 2.62. The fourth-order valence-electron chi connectivity index (χ4n) is 3.26. The third-order valence-corrected chi connectivity index (χ3v) is 5.29. The molecule has 1 aliphatic rings. The van der Waals surface area contributed by atoms with Crippen LogP contribution in [-0.4, -0.2) is 11.0 Å². The summed E-state index contributed by atoms with van der Waals surface area (Å²) in [7, 11) is 0. The van der Waals surface area contributed by atoms with Crippen LogP contribution >= 0.6 is 0 Å². The number of fused-ring (bicyclic) bond motifs is 1. The van der Waals surface area contributed by atoms with Gasteiger partial charge in [-0.05, 0) is 27.8 Å². The van der Waals surface area contributed by atoms with Crippen molar-refractivity contribution in [3.05, 3.63) is 42.2 Å². The molecule has 1 heterocycles. The summed E-state index contributed by atoms with van der Waals surface area (Å²) in [5, 5.41) is 6.25. The van der Waals surface area contributed by atoms with E-state index in [1.807, 2.05) is 12.4 Å². The van der Waals surface area contributed by atoms with E-state index in [2.05, 4.69) is 62.3 Å². The zero-order valence-corrected chi connectivity index (χ0v) is 12.2. The van der Waals surface area contributed by atoms with Crippen LogP contribution in [0.3, 0.4) is 0 Å². The molecule has 0 radical (unpaired) electrons. The van der Waals surface area contributed by atoms with Crippen LogP contribution < -0.4 is 5.32 Å². The smallest absolute Gasteiger partial charge is 0.0346 e. The highest BCUT2D eigenvalue weighted by Gasteiger charge is 2.64. The van der Waals surface area contributed by atoms with Gasteiger partial charge in [0.15, 0.2) is 0 Å². The van der Waals surface area contributed by atoms with E-state index < -0.39 is 0 Å². The fraction of sp³-hybridized carbons (Fsp3) is 0.471. The number of hydrogen-bond donors (Lipinski definition) is 1. The maximum Gasteiger partial charge on any atom is 0.0346 e. The predicted molar refractivity (Wildman–Crippen MR) is 79.9 cm³/mol. The molecule has 1 fully saturated rings. The SMILES string of the molecule is CC1(C)C(NCc2cccc3cnccc23)C1(C)C. The van der Waals surface area contributed by atoms with Crippen molar-refractivity contribution >= 4 is 10.8 Å².